The minimum absolute atomic E-state index is 0.193. The lowest BCUT2D eigenvalue weighted by Gasteiger charge is -2.10. The van der Waals surface area contributed by atoms with Crippen LogP contribution < -0.4 is 10.3 Å². The summed E-state index contributed by atoms with van der Waals surface area (Å²) in [5.74, 6) is 0.746. The molecule has 1 aromatic heterocycles. The van der Waals surface area contributed by atoms with Crippen molar-refractivity contribution in [3.8, 4) is 5.75 Å². The van der Waals surface area contributed by atoms with Crippen LogP contribution in [0.25, 0.3) is 10.9 Å². The first-order valence-corrected chi connectivity index (χ1v) is 11.5. The SMILES string of the molecule is CCCc1nc2ccc(Br)cc2c(=O)n1N=Cc1ccc(OCc2cccc(F)c2)c(Cl)c1. The van der Waals surface area contributed by atoms with Gasteiger partial charge in [-0.15, -0.1) is 0 Å². The fraction of sp³-hybridized carbons (Fsp3) is 0.160. The third-order valence-corrected chi connectivity index (χ3v) is 5.70. The van der Waals surface area contributed by atoms with Crippen molar-refractivity contribution in [2.45, 2.75) is 26.4 Å². The summed E-state index contributed by atoms with van der Waals surface area (Å²) in [5.41, 5.74) is 1.81. The molecule has 1 heterocycles. The highest BCUT2D eigenvalue weighted by Gasteiger charge is 2.11. The van der Waals surface area contributed by atoms with Crippen LogP contribution in [0.1, 0.15) is 30.3 Å². The molecule has 3 aromatic carbocycles. The molecule has 0 atom stereocenters. The summed E-state index contributed by atoms with van der Waals surface area (Å²) >= 11 is 9.77. The first-order valence-electron chi connectivity index (χ1n) is 10.4. The van der Waals surface area contributed by atoms with Crippen LogP contribution in [0, 0.1) is 5.82 Å². The number of hydrogen-bond donors (Lipinski definition) is 0. The van der Waals surface area contributed by atoms with Gasteiger partial charge in [0.15, 0.2) is 0 Å². The van der Waals surface area contributed by atoms with Crippen LogP contribution in [0.3, 0.4) is 0 Å². The lowest BCUT2D eigenvalue weighted by atomic mass is 10.2. The zero-order valence-electron chi connectivity index (χ0n) is 17.8. The van der Waals surface area contributed by atoms with E-state index in [4.69, 9.17) is 16.3 Å². The molecule has 0 spiro atoms. The zero-order valence-corrected chi connectivity index (χ0v) is 20.1. The van der Waals surface area contributed by atoms with Crippen LogP contribution in [0.4, 0.5) is 4.39 Å². The van der Waals surface area contributed by atoms with Gasteiger partial charge in [-0.25, -0.2) is 9.37 Å². The van der Waals surface area contributed by atoms with E-state index in [1.807, 2.05) is 19.1 Å². The Morgan fingerprint density at radius 1 is 1.18 bits per heavy atom. The van der Waals surface area contributed by atoms with Gasteiger partial charge in [0.1, 0.15) is 24.0 Å². The summed E-state index contributed by atoms with van der Waals surface area (Å²) in [4.78, 5) is 17.7. The Morgan fingerprint density at radius 2 is 2.03 bits per heavy atom. The lowest BCUT2D eigenvalue weighted by Crippen LogP contribution is -2.22. The number of aryl methyl sites for hydroxylation is 1. The first-order chi connectivity index (χ1) is 15.9. The molecule has 0 bridgehead atoms. The van der Waals surface area contributed by atoms with Crippen LogP contribution in [-0.4, -0.2) is 15.9 Å². The third-order valence-electron chi connectivity index (χ3n) is 4.91. The number of aromatic nitrogens is 2. The maximum atomic E-state index is 13.3. The maximum Gasteiger partial charge on any atom is 0.282 e. The van der Waals surface area contributed by atoms with Gasteiger partial charge in [0.25, 0.3) is 5.56 Å². The largest absolute Gasteiger partial charge is 0.487 e. The standard InChI is InChI=1S/C25H20BrClFN3O2/c1-2-4-24-30-22-9-8-18(26)13-20(22)25(32)31(24)29-14-16-7-10-23(21(27)12-16)33-15-17-5-3-6-19(28)11-17/h3,5-14H,2,4,15H2,1H3. The highest BCUT2D eigenvalue weighted by atomic mass is 79.9. The molecular formula is C25H20BrClFN3O2. The summed E-state index contributed by atoms with van der Waals surface area (Å²) in [7, 11) is 0. The van der Waals surface area contributed by atoms with Crippen molar-refractivity contribution in [1.29, 1.82) is 0 Å². The molecule has 168 valence electrons. The summed E-state index contributed by atoms with van der Waals surface area (Å²) in [6, 6.07) is 16.8. The Labute approximate surface area is 203 Å². The topological polar surface area (TPSA) is 56.5 Å². The Morgan fingerprint density at radius 3 is 2.79 bits per heavy atom. The number of fused-ring (bicyclic) bond motifs is 1. The monoisotopic (exact) mass is 527 g/mol. The fourth-order valence-corrected chi connectivity index (χ4v) is 3.93. The highest BCUT2D eigenvalue weighted by Crippen LogP contribution is 2.26. The number of hydrogen-bond acceptors (Lipinski definition) is 4. The van der Waals surface area contributed by atoms with Crippen molar-refractivity contribution < 1.29 is 9.13 Å². The fourth-order valence-electron chi connectivity index (χ4n) is 3.33. The Kier molecular flexibility index (Phi) is 7.20. The van der Waals surface area contributed by atoms with Crippen molar-refractivity contribution in [2.24, 2.45) is 5.10 Å². The highest BCUT2D eigenvalue weighted by molar-refractivity contribution is 9.10. The van der Waals surface area contributed by atoms with Crippen molar-refractivity contribution in [2.75, 3.05) is 0 Å². The molecule has 8 heteroatoms. The first kappa shape index (κ1) is 23.1. The Hall–Kier alpha value is -3.03. The number of nitrogens with zero attached hydrogens (tertiary/aromatic N) is 3. The molecule has 0 aliphatic rings. The molecule has 33 heavy (non-hydrogen) atoms. The van der Waals surface area contributed by atoms with E-state index in [1.165, 1.54) is 16.8 Å². The number of rotatable bonds is 7. The normalized spacial score (nSPS) is 11.4. The van der Waals surface area contributed by atoms with E-state index in [9.17, 15) is 9.18 Å². The number of ether oxygens (including phenoxy) is 1. The molecule has 0 fully saturated rings. The maximum absolute atomic E-state index is 13.3. The Balaban J connectivity index is 1.59. The van der Waals surface area contributed by atoms with Gasteiger partial charge in [-0.05, 0) is 66.1 Å². The van der Waals surface area contributed by atoms with E-state index < -0.39 is 0 Å². The van der Waals surface area contributed by atoms with Crippen LogP contribution in [-0.2, 0) is 13.0 Å². The molecule has 4 aromatic rings. The minimum Gasteiger partial charge on any atom is -0.487 e. The molecule has 0 saturated carbocycles. The summed E-state index contributed by atoms with van der Waals surface area (Å²) < 4.78 is 21.2. The van der Waals surface area contributed by atoms with Crippen LogP contribution >= 0.6 is 27.5 Å². The second-order valence-corrected chi connectivity index (χ2v) is 8.73. The third kappa shape index (κ3) is 5.49. The van der Waals surface area contributed by atoms with Gasteiger partial charge in [-0.3, -0.25) is 4.79 Å². The van der Waals surface area contributed by atoms with Gasteiger partial charge in [-0.1, -0.05) is 46.6 Å². The molecule has 0 unspecified atom stereocenters. The van der Waals surface area contributed by atoms with Crippen molar-refractivity contribution >= 4 is 44.6 Å². The molecule has 0 saturated heterocycles. The van der Waals surface area contributed by atoms with E-state index in [1.54, 1.807) is 42.6 Å². The van der Waals surface area contributed by atoms with E-state index in [-0.39, 0.29) is 18.0 Å². The van der Waals surface area contributed by atoms with Crippen molar-refractivity contribution in [3.05, 3.63) is 103 Å². The quantitative estimate of drug-likeness (QED) is 0.262. The van der Waals surface area contributed by atoms with Gasteiger partial charge in [0.2, 0.25) is 0 Å². The predicted octanol–water partition coefficient (Wildman–Crippen LogP) is 6.37. The summed E-state index contributed by atoms with van der Waals surface area (Å²) in [6.07, 6.45) is 3.01. The minimum atomic E-state index is -0.318. The molecule has 5 nitrogen and oxygen atoms in total. The average Bonchev–Trinajstić information content (AvgIpc) is 2.79. The second-order valence-electron chi connectivity index (χ2n) is 7.41. The molecule has 0 amide bonds. The second kappa shape index (κ2) is 10.3. The van der Waals surface area contributed by atoms with E-state index in [2.05, 4.69) is 26.0 Å². The molecule has 4 rings (SSSR count). The smallest absolute Gasteiger partial charge is 0.282 e. The summed E-state index contributed by atoms with van der Waals surface area (Å²) in [5, 5.41) is 5.28. The number of benzene rings is 3. The average molecular weight is 529 g/mol. The number of halogens is 3. The van der Waals surface area contributed by atoms with Gasteiger partial charge in [-0.2, -0.15) is 9.78 Å². The van der Waals surface area contributed by atoms with E-state index >= 15 is 0 Å². The van der Waals surface area contributed by atoms with Gasteiger partial charge < -0.3 is 4.74 Å². The summed E-state index contributed by atoms with van der Waals surface area (Å²) in [6.45, 7) is 2.22. The van der Waals surface area contributed by atoms with Crippen LogP contribution in [0.2, 0.25) is 5.02 Å². The molecule has 0 aliphatic carbocycles. The van der Waals surface area contributed by atoms with Crippen LogP contribution in [0.15, 0.2) is 75.0 Å². The van der Waals surface area contributed by atoms with E-state index in [0.29, 0.717) is 45.0 Å². The molecule has 0 N–H and O–H groups in total. The zero-order chi connectivity index (χ0) is 23.4. The molecule has 0 aliphatic heterocycles. The van der Waals surface area contributed by atoms with Crippen molar-refractivity contribution in [3.63, 3.8) is 0 Å². The van der Waals surface area contributed by atoms with Crippen LogP contribution in [0.5, 0.6) is 5.75 Å². The van der Waals surface area contributed by atoms with Crippen molar-refractivity contribution in [1.82, 2.24) is 9.66 Å². The van der Waals surface area contributed by atoms with Gasteiger partial charge >= 0.3 is 0 Å². The Bertz CT molecular complexity index is 1400. The van der Waals surface area contributed by atoms with Gasteiger partial charge in [0.05, 0.1) is 22.1 Å². The van der Waals surface area contributed by atoms with Gasteiger partial charge in [0, 0.05) is 10.9 Å². The molecular weight excluding hydrogens is 509 g/mol. The lowest BCUT2D eigenvalue weighted by molar-refractivity contribution is 0.306. The predicted molar refractivity (Wildman–Crippen MR) is 133 cm³/mol. The molecule has 0 radical (unpaired) electrons. The van der Waals surface area contributed by atoms with E-state index in [0.717, 1.165) is 10.9 Å².